The molecule has 1 saturated heterocycles. The number of anilines is 1. The third kappa shape index (κ3) is 8.26. The molecule has 5 heterocycles. The summed E-state index contributed by atoms with van der Waals surface area (Å²) in [5, 5.41) is 21.7. The average molecular weight is 649 g/mol. The lowest BCUT2D eigenvalue weighted by molar-refractivity contribution is -0.121. The van der Waals surface area contributed by atoms with Gasteiger partial charge in [-0.2, -0.15) is 15.5 Å². The van der Waals surface area contributed by atoms with E-state index in [-0.39, 0.29) is 5.91 Å². The smallest absolute Gasteiger partial charge is 0.220 e. The second-order valence-corrected chi connectivity index (χ2v) is 14.1. The van der Waals surface area contributed by atoms with Crippen LogP contribution in [0.4, 0.5) is 5.82 Å². The van der Waals surface area contributed by atoms with Gasteiger partial charge in [-0.3, -0.25) is 9.48 Å². The topological polar surface area (TPSA) is 104 Å². The van der Waals surface area contributed by atoms with Crippen molar-refractivity contribution in [3.8, 4) is 28.3 Å². The second-order valence-electron chi connectivity index (χ2n) is 14.1. The van der Waals surface area contributed by atoms with Gasteiger partial charge < -0.3 is 10.2 Å². The van der Waals surface area contributed by atoms with Crippen LogP contribution in [-0.4, -0.2) is 49.9 Å². The van der Waals surface area contributed by atoms with Gasteiger partial charge in [0.1, 0.15) is 11.9 Å². The molecule has 1 saturated carbocycles. The number of hydrogen-bond acceptors (Lipinski definition) is 6. The van der Waals surface area contributed by atoms with Crippen molar-refractivity contribution in [3.05, 3.63) is 54.7 Å². The van der Waals surface area contributed by atoms with Gasteiger partial charge in [0.2, 0.25) is 5.91 Å². The third-order valence-corrected chi connectivity index (χ3v) is 10.6. The Hall–Kier alpha value is -4.19. The first-order valence-electron chi connectivity index (χ1n) is 18.4. The minimum atomic E-state index is 0.219. The van der Waals surface area contributed by atoms with E-state index in [0.717, 1.165) is 59.6 Å². The maximum atomic E-state index is 12.5. The number of hydrogen-bond donors (Lipinski definition) is 1. The number of fused-ring (bicyclic) bond motifs is 2. The van der Waals surface area contributed by atoms with Gasteiger partial charge in [0.25, 0.3) is 0 Å². The molecule has 9 nitrogen and oxygen atoms in total. The first-order valence-corrected chi connectivity index (χ1v) is 18.4. The lowest BCUT2D eigenvalue weighted by atomic mass is 10.0. The summed E-state index contributed by atoms with van der Waals surface area (Å²) in [6.45, 7) is 5.05. The maximum Gasteiger partial charge on any atom is 0.220 e. The first kappa shape index (κ1) is 33.7. The Morgan fingerprint density at radius 3 is 2.15 bits per heavy atom. The highest BCUT2D eigenvalue weighted by atomic mass is 16.1. The van der Waals surface area contributed by atoms with E-state index in [0.29, 0.717) is 29.7 Å². The molecule has 4 aromatic rings. The van der Waals surface area contributed by atoms with Gasteiger partial charge in [0, 0.05) is 73.9 Å². The number of carbonyl (C=O) groups excluding carboxylic acids is 1. The number of nitrogens with zero attached hydrogens (tertiary/aromatic N) is 7. The van der Waals surface area contributed by atoms with Crippen LogP contribution < -0.4 is 10.2 Å². The molecule has 0 aromatic carbocycles. The predicted molar refractivity (Wildman–Crippen MR) is 191 cm³/mol. The Morgan fingerprint density at radius 1 is 0.854 bits per heavy atom. The third-order valence-electron chi connectivity index (χ3n) is 10.6. The molecule has 1 aliphatic carbocycles. The Kier molecular flexibility index (Phi) is 11.4. The Balaban J connectivity index is 0.902. The summed E-state index contributed by atoms with van der Waals surface area (Å²) >= 11 is 0. The Labute approximate surface area is 285 Å². The fourth-order valence-electron chi connectivity index (χ4n) is 7.65. The number of pyridine rings is 2. The number of aromatic nitrogens is 5. The summed E-state index contributed by atoms with van der Waals surface area (Å²) in [7, 11) is 1.90. The summed E-state index contributed by atoms with van der Waals surface area (Å²) in [5.41, 5.74) is 5.14. The Bertz CT molecular complexity index is 1670. The van der Waals surface area contributed by atoms with E-state index >= 15 is 0 Å². The van der Waals surface area contributed by atoms with E-state index < -0.39 is 0 Å². The van der Waals surface area contributed by atoms with E-state index in [1.165, 1.54) is 77.0 Å². The molecule has 254 valence electrons. The van der Waals surface area contributed by atoms with Crippen LogP contribution >= 0.6 is 0 Å². The Morgan fingerprint density at radius 2 is 1.54 bits per heavy atom. The van der Waals surface area contributed by atoms with Crippen LogP contribution in [0, 0.1) is 29.1 Å². The number of carbonyl (C=O) groups is 1. The van der Waals surface area contributed by atoms with Gasteiger partial charge in [-0.05, 0) is 42.4 Å². The highest BCUT2D eigenvalue weighted by Crippen LogP contribution is 2.52. The second kappa shape index (κ2) is 16.3. The number of amides is 1. The molecule has 0 radical (unpaired) electrons. The summed E-state index contributed by atoms with van der Waals surface area (Å²) in [4.78, 5) is 19.7. The minimum Gasteiger partial charge on any atom is -0.356 e. The van der Waals surface area contributed by atoms with Crippen LogP contribution in [0.5, 0.6) is 0 Å². The zero-order valence-electron chi connectivity index (χ0n) is 28.9. The van der Waals surface area contributed by atoms with E-state index in [1.54, 1.807) is 15.4 Å². The summed E-state index contributed by atoms with van der Waals surface area (Å²) in [5.74, 6) is 3.04. The van der Waals surface area contributed by atoms with Crippen LogP contribution in [0.1, 0.15) is 102 Å². The number of nitriles is 1. The fraction of sp³-hybridized carbons (Fsp3) is 0.564. The zero-order chi connectivity index (χ0) is 33.3. The molecule has 6 rings (SSSR count). The molecule has 0 spiro atoms. The number of piperidine rings is 1. The number of unbranched alkanes of at least 4 members (excludes halogenated alkanes) is 12. The van der Waals surface area contributed by atoms with Crippen molar-refractivity contribution >= 4 is 17.2 Å². The van der Waals surface area contributed by atoms with Crippen LogP contribution in [0.25, 0.3) is 27.8 Å². The van der Waals surface area contributed by atoms with Crippen molar-refractivity contribution in [3.63, 3.8) is 0 Å². The molecule has 0 bridgehead atoms. The molecule has 2 atom stereocenters. The molecular formula is C39H52N8O. The molecule has 2 unspecified atom stereocenters. The molecule has 1 N–H and O–H groups in total. The first-order chi connectivity index (χ1) is 23.6. The molecule has 9 heteroatoms. The normalized spacial score (nSPS) is 18.3. The van der Waals surface area contributed by atoms with Gasteiger partial charge in [-0.25, -0.2) is 9.50 Å². The van der Waals surface area contributed by atoms with Crippen molar-refractivity contribution < 1.29 is 4.79 Å². The van der Waals surface area contributed by atoms with Gasteiger partial charge in [-0.15, -0.1) is 0 Å². The number of aryl methyl sites for hydroxylation is 1. The fourth-order valence-corrected chi connectivity index (χ4v) is 7.65. The van der Waals surface area contributed by atoms with Crippen molar-refractivity contribution in [2.75, 3.05) is 24.5 Å². The molecule has 2 aliphatic rings. The van der Waals surface area contributed by atoms with Crippen molar-refractivity contribution in [2.24, 2.45) is 24.8 Å². The average Bonchev–Trinajstić information content (AvgIpc) is 3.52. The monoisotopic (exact) mass is 648 g/mol. The minimum absolute atomic E-state index is 0.219. The SMILES string of the molecule is CCCCCCCCCCCCCCCC(=O)NCC1C2CN(c3ccc(-c4cc(-c5cnn(C)c5)cn5ncc(C#N)c45)cn3)CC12. The van der Waals surface area contributed by atoms with E-state index in [9.17, 15) is 10.1 Å². The highest BCUT2D eigenvalue weighted by molar-refractivity contribution is 5.87. The molecular weight excluding hydrogens is 596 g/mol. The number of rotatable bonds is 19. The van der Waals surface area contributed by atoms with Crippen LogP contribution in [0.15, 0.2) is 49.2 Å². The summed E-state index contributed by atoms with van der Waals surface area (Å²) in [6.07, 6.45) is 27.1. The summed E-state index contributed by atoms with van der Waals surface area (Å²) < 4.78 is 3.55. The lowest BCUT2D eigenvalue weighted by Crippen LogP contribution is -2.30. The lowest BCUT2D eigenvalue weighted by Gasteiger charge is -2.21. The zero-order valence-corrected chi connectivity index (χ0v) is 28.9. The predicted octanol–water partition coefficient (Wildman–Crippen LogP) is 7.95. The molecule has 2 fully saturated rings. The quantitative estimate of drug-likeness (QED) is 0.104. The highest BCUT2D eigenvalue weighted by Gasteiger charge is 2.55. The standard InChI is InChI=1S/C39H52N8O/c1-3-4-5-6-7-8-9-10-11-12-13-14-15-16-38(48)42-24-34-35-27-46(28-36(34)35)37-18-17-29(21-41-37)33-19-30(32-23-43-45(2)25-32)26-47-39(33)31(20-40)22-44-47/h17-19,21-23,25-26,34-36H,3-16,24,27-28H2,1-2H3,(H,42,48). The largest absolute Gasteiger partial charge is 0.356 e. The molecule has 1 amide bonds. The van der Waals surface area contributed by atoms with Crippen molar-refractivity contribution in [1.82, 2.24) is 29.7 Å². The van der Waals surface area contributed by atoms with Crippen LogP contribution in [-0.2, 0) is 11.8 Å². The molecule has 1 aliphatic heterocycles. The van der Waals surface area contributed by atoms with E-state index in [1.807, 2.05) is 31.8 Å². The van der Waals surface area contributed by atoms with Crippen molar-refractivity contribution in [2.45, 2.75) is 96.8 Å². The van der Waals surface area contributed by atoms with Crippen LogP contribution in [0.3, 0.4) is 0 Å². The van der Waals surface area contributed by atoms with Gasteiger partial charge in [0.15, 0.2) is 0 Å². The van der Waals surface area contributed by atoms with E-state index in [4.69, 9.17) is 4.98 Å². The maximum absolute atomic E-state index is 12.5. The van der Waals surface area contributed by atoms with Crippen LogP contribution in [0.2, 0.25) is 0 Å². The van der Waals surface area contributed by atoms with E-state index in [2.05, 4.69) is 51.6 Å². The molecule has 4 aromatic heterocycles. The number of nitrogens with one attached hydrogen (secondary N) is 1. The van der Waals surface area contributed by atoms with Gasteiger partial charge in [-0.1, -0.05) is 84.0 Å². The van der Waals surface area contributed by atoms with Crippen molar-refractivity contribution in [1.29, 1.82) is 5.26 Å². The van der Waals surface area contributed by atoms with Gasteiger partial charge >= 0.3 is 0 Å². The van der Waals surface area contributed by atoms with Gasteiger partial charge in [0.05, 0.1) is 23.5 Å². The summed E-state index contributed by atoms with van der Waals surface area (Å²) in [6, 6.07) is 8.56. The molecule has 48 heavy (non-hydrogen) atoms.